The van der Waals surface area contributed by atoms with Crippen molar-refractivity contribution in [3.63, 3.8) is 0 Å². The van der Waals surface area contributed by atoms with Crippen molar-refractivity contribution in [3.05, 3.63) is 43.2 Å². The highest BCUT2D eigenvalue weighted by atomic mass is 32.1. The van der Waals surface area contributed by atoms with Crippen molar-refractivity contribution in [2.24, 2.45) is 0 Å². The van der Waals surface area contributed by atoms with Crippen LogP contribution >= 0.6 is 11.3 Å². The molecule has 0 aliphatic heterocycles. The molecule has 0 unspecified atom stereocenters. The SMILES string of the molecule is Cc1n[nH]c(=O)c2c(NC(=O)COC(=O)c3cc4c(s3)CCCCC4)oc(C)c12. The minimum atomic E-state index is -0.582. The Hall–Kier alpha value is -2.94. The Morgan fingerprint density at radius 1 is 1.24 bits per heavy atom. The number of hydrogen-bond acceptors (Lipinski definition) is 7. The molecule has 0 fully saturated rings. The normalized spacial score (nSPS) is 13.7. The smallest absolute Gasteiger partial charge is 0.348 e. The number of amides is 1. The van der Waals surface area contributed by atoms with Gasteiger partial charge in [0.25, 0.3) is 11.5 Å². The van der Waals surface area contributed by atoms with E-state index < -0.39 is 24.0 Å². The Labute approximate surface area is 170 Å². The van der Waals surface area contributed by atoms with E-state index in [1.54, 1.807) is 13.8 Å². The fourth-order valence-corrected chi connectivity index (χ4v) is 4.81. The summed E-state index contributed by atoms with van der Waals surface area (Å²) in [5.41, 5.74) is 1.34. The number of furan rings is 1. The van der Waals surface area contributed by atoms with Crippen LogP contribution in [0.2, 0.25) is 0 Å². The van der Waals surface area contributed by atoms with Gasteiger partial charge in [-0.3, -0.25) is 14.9 Å². The molecule has 0 radical (unpaired) electrons. The highest BCUT2D eigenvalue weighted by Gasteiger charge is 2.21. The maximum Gasteiger partial charge on any atom is 0.348 e. The number of fused-ring (bicyclic) bond motifs is 2. The third-order valence-corrected chi connectivity index (χ3v) is 6.25. The van der Waals surface area contributed by atoms with Gasteiger partial charge in [0.2, 0.25) is 5.88 Å². The first-order valence-corrected chi connectivity index (χ1v) is 10.3. The number of anilines is 1. The van der Waals surface area contributed by atoms with Gasteiger partial charge in [-0.25, -0.2) is 9.89 Å². The summed E-state index contributed by atoms with van der Waals surface area (Å²) in [6, 6.07) is 1.88. The van der Waals surface area contributed by atoms with Gasteiger partial charge in [-0.1, -0.05) is 6.42 Å². The van der Waals surface area contributed by atoms with E-state index in [1.807, 2.05) is 6.07 Å². The average molecular weight is 415 g/mol. The Morgan fingerprint density at radius 3 is 2.86 bits per heavy atom. The summed E-state index contributed by atoms with van der Waals surface area (Å²) >= 11 is 1.44. The standard InChI is InChI=1S/C20H21N3O5S/c1-10-16-11(2)28-19(17(16)18(25)23-22-10)21-15(24)9-27-20(26)14-8-12-6-4-3-5-7-13(12)29-14/h8H,3-7,9H2,1-2H3,(H,21,24)(H,23,25). The number of esters is 1. The van der Waals surface area contributed by atoms with Crippen LogP contribution in [0.1, 0.15) is 50.8 Å². The molecule has 0 spiro atoms. The van der Waals surface area contributed by atoms with Gasteiger partial charge in [-0.15, -0.1) is 11.3 Å². The van der Waals surface area contributed by atoms with Crippen LogP contribution in [-0.4, -0.2) is 28.7 Å². The van der Waals surface area contributed by atoms with E-state index in [4.69, 9.17) is 9.15 Å². The van der Waals surface area contributed by atoms with Gasteiger partial charge in [0.15, 0.2) is 6.61 Å². The highest BCUT2D eigenvalue weighted by molar-refractivity contribution is 7.14. The molecule has 0 aromatic carbocycles. The molecule has 2 N–H and O–H groups in total. The molecule has 0 bridgehead atoms. The Kier molecular flexibility index (Phi) is 5.23. The predicted octanol–water partition coefficient (Wildman–Crippen LogP) is 3.26. The zero-order chi connectivity index (χ0) is 20.5. The van der Waals surface area contributed by atoms with Crippen LogP contribution in [0.5, 0.6) is 0 Å². The Morgan fingerprint density at radius 2 is 2.03 bits per heavy atom. The molecule has 1 aliphatic carbocycles. The number of aromatic nitrogens is 2. The second kappa shape index (κ2) is 7.82. The number of carbonyl (C=O) groups is 2. The molecule has 1 amide bonds. The molecule has 3 aromatic rings. The summed E-state index contributed by atoms with van der Waals surface area (Å²) < 4.78 is 10.7. The molecule has 8 nitrogen and oxygen atoms in total. The molecular formula is C20H21N3O5S. The average Bonchev–Trinajstić information content (AvgIpc) is 3.17. The largest absolute Gasteiger partial charge is 0.451 e. The molecule has 29 heavy (non-hydrogen) atoms. The summed E-state index contributed by atoms with van der Waals surface area (Å²) in [5.74, 6) is -0.603. The quantitative estimate of drug-likeness (QED) is 0.499. The molecule has 0 saturated heterocycles. The van der Waals surface area contributed by atoms with Crippen molar-refractivity contribution in [3.8, 4) is 0 Å². The molecule has 4 rings (SSSR count). The fraction of sp³-hybridized carbons (Fsp3) is 0.400. The zero-order valence-corrected chi connectivity index (χ0v) is 17.0. The second-order valence-electron chi connectivity index (χ2n) is 7.12. The lowest BCUT2D eigenvalue weighted by molar-refractivity contribution is -0.119. The van der Waals surface area contributed by atoms with Crippen LogP contribution in [0.4, 0.5) is 5.88 Å². The minimum absolute atomic E-state index is 0.0214. The first-order valence-electron chi connectivity index (χ1n) is 9.51. The maximum atomic E-state index is 12.3. The number of nitrogens with one attached hydrogen (secondary N) is 2. The Bertz CT molecular complexity index is 1130. The van der Waals surface area contributed by atoms with Gasteiger partial charge < -0.3 is 9.15 Å². The highest BCUT2D eigenvalue weighted by Crippen LogP contribution is 2.30. The molecule has 3 heterocycles. The van der Waals surface area contributed by atoms with Crippen LogP contribution < -0.4 is 10.9 Å². The molecule has 152 valence electrons. The number of rotatable bonds is 4. The minimum Gasteiger partial charge on any atom is -0.451 e. The molecule has 0 saturated carbocycles. The van der Waals surface area contributed by atoms with Crippen molar-refractivity contribution in [2.45, 2.75) is 46.0 Å². The lowest BCUT2D eigenvalue weighted by Crippen LogP contribution is -2.21. The van der Waals surface area contributed by atoms with Gasteiger partial charge in [-0.2, -0.15) is 5.10 Å². The summed E-state index contributed by atoms with van der Waals surface area (Å²) in [7, 11) is 0. The van der Waals surface area contributed by atoms with E-state index in [1.165, 1.54) is 28.2 Å². The summed E-state index contributed by atoms with van der Waals surface area (Å²) in [5, 5.41) is 9.56. The van der Waals surface area contributed by atoms with Gasteiger partial charge in [0.1, 0.15) is 16.0 Å². The van der Waals surface area contributed by atoms with E-state index in [0.29, 0.717) is 21.7 Å². The third kappa shape index (κ3) is 3.82. The number of aromatic amines is 1. The predicted molar refractivity (Wildman–Crippen MR) is 109 cm³/mol. The molecular weight excluding hydrogens is 394 g/mol. The summed E-state index contributed by atoms with van der Waals surface area (Å²) in [4.78, 5) is 38.5. The number of carbonyl (C=O) groups excluding carboxylic acids is 2. The topological polar surface area (TPSA) is 114 Å². The van der Waals surface area contributed by atoms with E-state index >= 15 is 0 Å². The first kappa shape index (κ1) is 19.4. The molecule has 9 heteroatoms. The molecule has 1 aliphatic rings. The van der Waals surface area contributed by atoms with E-state index in [0.717, 1.165) is 25.7 Å². The van der Waals surface area contributed by atoms with Crippen molar-refractivity contribution in [1.82, 2.24) is 10.2 Å². The number of hydrogen-bond donors (Lipinski definition) is 2. The number of ether oxygens (including phenoxy) is 1. The lowest BCUT2D eigenvalue weighted by atomic mass is 10.1. The number of H-pyrrole nitrogens is 1. The van der Waals surface area contributed by atoms with Crippen LogP contribution in [0.25, 0.3) is 10.8 Å². The maximum absolute atomic E-state index is 12.3. The van der Waals surface area contributed by atoms with Gasteiger partial charge in [0, 0.05) is 4.88 Å². The van der Waals surface area contributed by atoms with Crippen LogP contribution in [0.15, 0.2) is 15.3 Å². The second-order valence-corrected chi connectivity index (χ2v) is 8.26. The van der Waals surface area contributed by atoms with Gasteiger partial charge in [-0.05, 0) is 51.2 Å². The number of nitrogens with zero attached hydrogens (tertiary/aromatic N) is 1. The summed E-state index contributed by atoms with van der Waals surface area (Å²) in [6.45, 7) is 2.95. The van der Waals surface area contributed by atoms with Gasteiger partial charge in [0.05, 0.1) is 11.1 Å². The third-order valence-electron chi connectivity index (χ3n) is 5.03. The van der Waals surface area contributed by atoms with Crippen molar-refractivity contribution in [2.75, 3.05) is 11.9 Å². The van der Waals surface area contributed by atoms with Crippen molar-refractivity contribution < 1.29 is 18.7 Å². The van der Waals surface area contributed by atoms with E-state index in [2.05, 4.69) is 15.5 Å². The number of aryl methyl sites for hydroxylation is 4. The number of thiophene rings is 1. The first-order chi connectivity index (χ1) is 13.9. The molecule has 0 atom stereocenters. The van der Waals surface area contributed by atoms with Crippen molar-refractivity contribution >= 4 is 39.9 Å². The van der Waals surface area contributed by atoms with Crippen LogP contribution in [0, 0.1) is 13.8 Å². The zero-order valence-electron chi connectivity index (χ0n) is 16.2. The van der Waals surface area contributed by atoms with Crippen LogP contribution in [-0.2, 0) is 22.4 Å². The Balaban J connectivity index is 1.43. The molecule has 3 aromatic heterocycles. The van der Waals surface area contributed by atoms with E-state index in [-0.39, 0.29) is 11.3 Å². The van der Waals surface area contributed by atoms with Crippen LogP contribution in [0.3, 0.4) is 0 Å². The van der Waals surface area contributed by atoms with E-state index in [9.17, 15) is 14.4 Å². The van der Waals surface area contributed by atoms with Gasteiger partial charge >= 0.3 is 5.97 Å². The van der Waals surface area contributed by atoms with Crippen molar-refractivity contribution in [1.29, 1.82) is 0 Å². The monoisotopic (exact) mass is 415 g/mol. The summed E-state index contributed by atoms with van der Waals surface area (Å²) in [6.07, 6.45) is 5.44. The fourth-order valence-electron chi connectivity index (χ4n) is 3.66. The lowest BCUT2D eigenvalue weighted by Gasteiger charge is -2.04.